The van der Waals surface area contributed by atoms with Crippen LogP contribution in [0.25, 0.3) is 0 Å². The van der Waals surface area contributed by atoms with Gasteiger partial charge in [-0.3, -0.25) is 0 Å². The third kappa shape index (κ3) is 3.26. The SMILES string of the molecule is CCOC(=O)c1s/c(=N/N=C(C)C)n(C)c1C. The molecule has 0 radical (unpaired) electrons. The van der Waals surface area contributed by atoms with Crippen LogP contribution in [0.2, 0.25) is 0 Å². The number of thiazole rings is 1. The number of ether oxygens (including phenoxy) is 1. The summed E-state index contributed by atoms with van der Waals surface area (Å²) in [6, 6.07) is 0. The molecule has 0 aliphatic heterocycles. The number of hydrogen-bond acceptors (Lipinski definition) is 5. The molecule has 17 heavy (non-hydrogen) atoms. The molecule has 1 rings (SSSR count). The Balaban J connectivity index is 3.21. The van der Waals surface area contributed by atoms with E-state index in [9.17, 15) is 4.79 Å². The molecule has 5 nitrogen and oxygen atoms in total. The first kappa shape index (κ1) is 13.6. The van der Waals surface area contributed by atoms with E-state index in [1.54, 1.807) is 6.92 Å². The summed E-state index contributed by atoms with van der Waals surface area (Å²) in [4.78, 5) is 12.9. The van der Waals surface area contributed by atoms with Crippen molar-refractivity contribution in [2.45, 2.75) is 27.7 Å². The summed E-state index contributed by atoms with van der Waals surface area (Å²) in [6.45, 7) is 7.77. The molecular formula is C11H17N3O2S. The molecule has 0 spiro atoms. The van der Waals surface area contributed by atoms with Crippen molar-refractivity contribution in [2.24, 2.45) is 17.3 Å². The fourth-order valence-electron chi connectivity index (χ4n) is 1.15. The van der Waals surface area contributed by atoms with E-state index < -0.39 is 0 Å². The molecule has 1 aromatic heterocycles. The van der Waals surface area contributed by atoms with Gasteiger partial charge >= 0.3 is 5.97 Å². The van der Waals surface area contributed by atoms with Gasteiger partial charge in [0.2, 0.25) is 4.80 Å². The van der Waals surface area contributed by atoms with Gasteiger partial charge in [0, 0.05) is 18.5 Å². The molecule has 1 heterocycles. The molecule has 0 fully saturated rings. The highest BCUT2D eigenvalue weighted by Crippen LogP contribution is 2.12. The first-order valence-electron chi connectivity index (χ1n) is 5.35. The van der Waals surface area contributed by atoms with Gasteiger partial charge in [-0.1, -0.05) is 11.3 Å². The van der Waals surface area contributed by atoms with Crippen molar-refractivity contribution in [1.82, 2.24) is 4.57 Å². The zero-order valence-corrected chi connectivity index (χ0v) is 11.6. The van der Waals surface area contributed by atoms with Crippen LogP contribution >= 0.6 is 11.3 Å². The van der Waals surface area contributed by atoms with E-state index >= 15 is 0 Å². The number of rotatable bonds is 3. The van der Waals surface area contributed by atoms with Crippen LogP contribution in [0.5, 0.6) is 0 Å². The predicted octanol–water partition coefficient (Wildman–Crippen LogP) is 1.87. The lowest BCUT2D eigenvalue weighted by Gasteiger charge is -1.99. The van der Waals surface area contributed by atoms with Gasteiger partial charge in [-0.2, -0.15) is 5.10 Å². The highest BCUT2D eigenvalue weighted by atomic mass is 32.1. The summed E-state index contributed by atoms with van der Waals surface area (Å²) in [6.07, 6.45) is 0. The number of nitrogens with zero attached hydrogens (tertiary/aromatic N) is 3. The van der Waals surface area contributed by atoms with Crippen LogP contribution in [-0.2, 0) is 11.8 Å². The van der Waals surface area contributed by atoms with Crippen molar-refractivity contribution >= 4 is 23.0 Å². The van der Waals surface area contributed by atoms with Crippen molar-refractivity contribution in [3.05, 3.63) is 15.4 Å². The molecule has 0 amide bonds. The van der Waals surface area contributed by atoms with Crippen molar-refractivity contribution in [3.8, 4) is 0 Å². The minimum Gasteiger partial charge on any atom is -0.462 e. The normalized spacial score (nSPS) is 11.5. The first-order valence-corrected chi connectivity index (χ1v) is 6.17. The maximum atomic E-state index is 11.7. The summed E-state index contributed by atoms with van der Waals surface area (Å²) in [5.74, 6) is -0.302. The molecule has 0 atom stereocenters. The summed E-state index contributed by atoms with van der Waals surface area (Å²) in [5, 5.41) is 8.09. The van der Waals surface area contributed by atoms with Crippen molar-refractivity contribution < 1.29 is 9.53 Å². The Kier molecular flexibility index (Phi) is 4.62. The van der Waals surface area contributed by atoms with Gasteiger partial charge in [0.15, 0.2) is 0 Å². The second-order valence-corrected chi connectivity index (χ2v) is 4.70. The van der Waals surface area contributed by atoms with Gasteiger partial charge < -0.3 is 9.30 Å². The number of esters is 1. The molecule has 1 aromatic rings. The van der Waals surface area contributed by atoms with Crippen LogP contribution in [0.1, 0.15) is 36.1 Å². The van der Waals surface area contributed by atoms with Gasteiger partial charge in [0.05, 0.1) is 6.61 Å². The monoisotopic (exact) mass is 255 g/mol. The van der Waals surface area contributed by atoms with E-state index in [1.807, 2.05) is 32.4 Å². The Labute approximate surface area is 104 Å². The molecule has 0 N–H and O–H groups in total. The second kappa shape index (κ2) is 5.77. The molecule has 0 bridgehead atoms. The Bertz CT molecular complexity index is 507. The van der Waals surface area contributed by atoms with Crippen LogP contribution < -0.4 is 4.80 Å². The van der Waals surface area contributed by atoms with Crippen LogP contribution in [0.3, 0.4) is 0 Å². The topological polar surface area (TPSA) is 55.9 Å². The van der Waals surface area contributed by atoms with E-state index in [0.29, 0.717) is 16.3 Å². The van der Waals surface area contributed by atoms with E-state index in [-0.39, 0.29) is 5.97 Å². The average molecular weight is 255 g/mol. The number of hydrogen-bond donors (Lipinski definition) is 0. The van der Waals surface area contributed by atoms with E-state index in [0.717, 1.165) is 11.4 Å². The first-order chi connectivity index (χ1) is 7.97. The lowest BCUT2D eigenvalue weighted by Crippen LogP contribution is -2.11. The molecule has 0 aromatic carbocycles. The van der Waals surface area contributed by atoms with Gasteiger partial charge in [0.1, 0.15) is 4.88 Å². The van der Waals surface area contributed by atoms with Gasteiger partial charge in [-0.25, -0.2) is 4.79 Å². The minimum atomic E-state index is -0.302. The smallest absolute Gasteiger partial charge is 0.350 e. The zero-order valence-electron chi connectivity index (χ0n) is 10.8. The van der Waals surface area contributed by atoms with Crippen molar-refractivity contribution in [2.75, 3.05) is 6.61 Å². The van der Waals surface area contributed by atoms with Crippen LogP contribution in [0, 0.1) is 6.92 Å². The van der Waals surface area contributed by atoms with E-state index in [2.05, 4.69) is 10.2 Å². The highest BCUT2D eigenvalue weighted by molar-refractivity contribution is 7.11. The Morgan fingerprint density at radius 1 is 1.47 bits per heavy atom. The second-order valence-electron chi connectivity index (χ2n) is 3.73. The zero-order chi connectivity index (χ0) is 13.0. The maximum absolute atomic E-state index is 11.7. The predicted molar refractivity (Wildman–Crippen MR) is 68.3 cm³/mol. The summed E-state index contributed by atoms with van der Waals surface area (Å²) in [5.41, 5.74) is 1.71. The maximum Gasteiger partial charge on any atom is 0.350 e. The lowest BCUT2D eigenvalue weighted by molar-refractivity contribution is 0.0530. The third-order valence-corrected chi connectivity index (χ3v) is 3.31. The summed E-state index contributed by atoms with van der Waals surface area (Å²) >= 11 is 1.29. The molecule has 0 saturated carbocycles. The number of carbonyl (C=O) groups excluding carboxylic acids is 1. The van der Waals surface area contributed by atoms with Gasteiger partial charge in [0.25, 0.3) is 0 Å². The van der Waals surface area contributed by atoms with Crippen LogP contribution in [0.4, 0.5) is 0 Å². The minimum absolute atomic E-state index is 0.302. The van der Waals surface area contributed by atoms with Gasteiger partial charge in [-0.15, -0.1) is 5.10 Å². The van der Waals surface area contributed by atoms with Crippen LogP contribution in [-0.4, -0.2) is 22.9 Å². The average Bonchev–Trinajstić information content (AvgIpc) is 2.54. The Hall–Kier alpha value is -1.43. The fraction of sp³-hybridized carbons (Fsp3) is 0.545. The third-order valence-electron chi connectivity index (χ3n) is 2.11. The highest BCUT2D eigenvalue weighted by Gasteiger charge is 2.15. The van der Waals surface area contributed by atoms with Crippen molar-refractivity contribution in [3.63, 3.8) is 0 Å². The molecule has 0 saturated heterocycles. The number of aromatic nitrogens is 1. The molecular weight excluding hydrogens is 238 g/mol. The standard InChI is InChI=1S/C11H17N3O2S/c1-6-16-10(15)9-8(4)14(5)11(17-9)13-12-7(2)3/h6H2,1-5H3/b13-11+. The fourth-order valence-corrected chi connectivity index (χ4v) is 2.11. The lowest BCUT2D eigenvalue weighted by atomic mass is 10.4. The quantitative estimate of drug-likeness (QED) is 0.470. The largest absolute Gasteiger partial charge is 0.462 e. The summed E-state index contributed by atoms with van der Waals surface area (Å²) in [7, 11) is 1.86. The van der Waals surface area contributed by atoms with Crippen LogP contribution in [0.15, 0.2) is 10.2 Å². The Morgan fingerprint density at radius 2 is 2.12 bits per heavy atom. The van der Waals surface area contributed by atoms with Crippen molar-refractivity contribution in [1.29, 1.82) is 0 Å². The molecule has 94 valence electrons. The molecule has 0 aliphatic rings. The molecule has 0 unspecified atom stereocenters. The van der Waals surface area contributed by atoms with Gasteiger partial charge in [-0.05, 0) is 27.7 Å². The molecule has 0 aliphatic carbocycles. The molecule has 6 heteroatoms. The Morgan fingerprint density at radius 3 is 2.65 bits per heavy atom. The van der Waals surface area contributed by atoms with E-state index in [4.69, 9.17) is 4.74 Å². The summed E-state index contributed by atoms with van der Waals surface area (Å²) < 4.78 is 6.82. The number of carbonyl (C=O) groups is 1. The van der Waals surface area contributed by atoms with E-state index in [1.165, 1.54) is 11.3 Å².